The van der Waals surface area contributed by atoms with Crippen molar-refractivity contribution in [1.29, 1.82) is 0 Å². The second-order valence-electron chi connectivity index (χ2n) is 5.12. The molecule has 1 rings (SSSR count). The molecule has 1 aromatic rings. The van der Waals surface area contributed by atoms with Crippen molar-refractivity contribution >= 4 is 6.03 Å². The second kappa shape index (κ2) is 7.24. The van der Waals surface area contributed by atoms with Crippen molar-refractivity contribution in [3.05, 3.63) is 35.6 Å². The molecule has 0 saturated carbocycles. The van der Waals surface area contributed by atoms with E-state index in [0.29, 0.717) is 5.56 Å². The predicted molar refractivity (Wildman–Crippen MR) is 76.9 cm³/mol. The van der Waals surface area contributed by atoms with Crippen LogP contribution in [0.15, 0.2) is 24.3 Å². The van der Waals surface area contributed by atoms with Crippen molar-refractivity contribution in [2.24, 2.45) is 0 Å². The zero-order chi connectivity index (χ0) is 15.2. The van der Waals surface area contributed by atoms with Gasteiger partial charge >= 0.3 is 6.03 Å². The van der Waals surface area contributed by atoms with Crippen LogP contribution < -0.4 is 10.6 Å². The first-order valence-electron chi connectivity index (χ1n) is 6.91. The van der Waals surface area contributed by atoms with Gasteiger partial charge in [0, 0.05) is 6.04 Å². The number of urea groups is 1. The SMILES string of the molecule is CCC(CC)NC(=O)NCC(C)(O)c1ccc(F)cc1. The lowest BCUT2D eigenvalue weighted by Crippen LogP contribution is -2.46. The third kappa shape index (κ3) is 4.81. The van der Waals surface area contributed by atoms with E-state index in [1.54, 1.807) is 6.92 Å². The molecule has 20 heavy (non-hydrogen) atoms. The highest BCUT2D eigenvalue weighted by Crippen LogP contribution is 2.19. The molecule has 4 nitrogen and oxygen atoms in total. The summed E-state index contributed by atoms with van der Waals surface area (Å²) in [7, 11) is 0. The molecular weight excluding hydrogens is 259 g/mol. The molecule has 5 heteroatoms. The summed E-state index contributed by atoms with van der Waals surface area (Å²) in [5, 5.41) is 15.8. The number of hydrogen-bond acceptors (Lipinski definition) is 2. The molecule has 1 atom stereocenters. The molecule has 0 aliphatic rings. The standard InChI is InChI=1S/C15H23FN2O2/c1-4-13(5-2)18-14(19)17-10-15(3,20)11-6-8-12(16)9-7-11/h6-9,13,20H,4-5,10H2,1-3H3,(H2,17,18,19). The van der Waals surface area contributed by atoms with Gasteiger partial charge in [-0.15, -0.1) is 0 Å². The zero-order valence-corrected chi connectivity index (χ0v) is 12.2. The van der Waals surface area contributed by atoms with Crippen LogP contribution in [0.3, 0.4) is 0 Å². The Bertz CT molecular complexity index is 428. The summed E-state index contributed by atoms with van der Waals surface area (Å²) in [5.74, 6) is -0.357. The van der Waals surface area contributed by atoms with Gasteiger partial charge in [-0.3, -0.25) is 0 Å². The van der Waals surface area contributed by atoms with Crippen LogP contribution in [0.25, 0.3) is 0 Å². The van der Waals surface area contributed by atoms with Gasteiger partial charge in [-0.05, 0) is 37.5 Å². The van der Waals surface area contributed by atoms with Gasteiger partial charge in [-0.1, -0.05) is 26.0 Å². The van der Waals surface area contributed by atoms with Gasteiger partial charge in [-0.2, -0.15) is 0 Å². The van der Waals surface area contributed by atoms with E-state index in [9.17, 15) is 14.3 Å². The van der Waals surface area contributed by atoms with Crippen LogP contribution in [0.4, 0.5) is 9.18 Å². The van der Waals surface area contributed by atoms with Crippen LogP contribution >= 0.6 is 0 Å². The molecular formula is C15H23FN2O2. The highest BCUT2D eigenvalue weighted by atomic mass is 19.1. The Labute approximate surface area is 119 Å². The number of aliphatic hydroxyl groups is 1. The van der Waals surface area contributed by atoms with E-state index in [4.69, 9.17) is 0 Å². The first-order valence-corrected chi connectivity index (χ1v) is 6.91. The topological polar surface area (TPSA) is 61.4 Å². The molecule has 0 radical (unpaired) electrons. The summed E-state index contributed by atoms with van der Waals surface area (Å²) in [6.45, 7) is 5.65. The van der Waals surface area contributed by atoms with E-state index in [-0.39, 0.29) is 24.4 Å². The lowest BCUT2D eigenvalue weighted by atomic mass is 9.96. The maximum atomic E-state index is 12.8. The minimum absolute atomic E-state index is 0.0601. The minimum Gasteiger partial charge on any atom is -0.384 e. The van der Waals surface area contributed by atoms with Gasteiger partial charge in [-0.25, -0.2) is 9.18 Å². The molecule has 0 aliphatic heterocycles. The zero-order valence-electron chi connectivity index (χ0n) is 12.2. The first-order chi connectivity index (χ1) is 9.39. The number of amides is 2. The summed E-state index contributed by atoms with van der Waals surface area (Å²) >= 11 is 0. The number of rotatable bonds is 6. The van der Waals surface area contributed by atoms with E-state index in [1.165, 1.54) is 24.3 Å². The van der Waals surface area contributed by atoms with Crippen molar-refractivity contribution in [3.63, 3.8) is 0 Å². The van der Waals surface area contributed by atoms with Crippen LogP contribution in [0, 0.1) is 5.82 Å². The number of carbonyl (C=O) groups is 1. The van der Waals surface area contributed by atoms with Gasteiger partial charge < -0.3 is 15.7 Å². The molecule has 1 unspecified atom stereocenters. The molecule has 0 saturated heterocycles. The van der Waals surface area contributed by atoms with Crippen molar-refractivity contribution in [3.8, 4) is 0 Å². The van der Waals surface area contributed by atoms with E-state index in [0.717, 1.165) is 12.8 Å². The smallest absolute Gasteiger partial charge is 0.315 e. The molecule has 0 spiro atoms. The first kappa shape index (κ1) is 16.4. The Balaban J connectivity index is 2.54. The summed E-state index contributed by atoms with van der Waals surface area (Å²) < 4.78 is 12.8. The van der Waals surface area contributed by atoms with E-state index < -0.39 is 5.60 Å². The third-order valence-corrected chi connectivity index (χ3v) is 3.38. The Morgan fingerprint density at radius 2 is 1.85 bits per heavy atom. The normalized spacial score (nSPS) is 13.9. The van der Waals surface area contributed by atoms with Crippen LogP contribution in [-0.2, 0) is 5.60 Å². The van der Waals surface area contributed by atoms with E-state index >= 15 is 0 Å². The molecule has 0 aliphatic carbocycles. The van der Waals surface area contributed by atoms with Gasteiger partial charge in [0.15, 0.2) is 0 Å². The summed E-state index contributed by atoms with van der Waals surface area (Å²) in [6, 6.07) is 5.42. The number of carbonyl (C=O) groups excluding carboxylic acids is 1. The van der Waals surface area contributed by atoms with E-state index in [1.807, 2.05) is 13.8 Å². The summed E-state index contributed by atoms with van der Waals surface area (Å²) in [6.07, 6.45) is 1.72. The lowest BCUT2D eigenvalue weighted by molar-refractivity contribution is 0.0592. The Morgan fingerprint density at radius 3 is 2.35 bits per heavy atom. The minimum atomic E-state index is -1.24. The quantitative estimate of drug-likeness (QED) is 0.751. The number of nitrogens with one attached hydrogen (secondary N) is 2. The monoisotopic (exact) mass is 282 g/mol. The average Bonchev–Trinajstić information content (AvgIpc) is 2.43. The van der Waals surface area contributed by atoms with Crippen LogP contribution in [0.1, 0.15) is 39.2 Å². The molecule has 112 valence electrons. The molecule has 3 N–H and O–H groups in total. The van der Waals surface area contributed by atoms with Crippen molar-refractivity contribution in [2.45, 2.75) is 45.3 Å². The average molecular weight is 282 g/mol. The number of benzene rings is 1. The summed E-state index contributed by atoms with van der Waals surface area (Å²) in [4.78, 5) is 11.7. The fourth-order valence-electron chi connectivity index (χ4n) is 1.89. The molecule has 0 heterocycles. The fraction of sp³-hybridized carbons (Fsp3) is 0.533. The van der Waals surface area contributed by atoms with Gasteiger partial charge in [0.1, 0.15) is 11.4 Å². The Kier molecular flexibility index (Phi) is 5.95. The van der Waals surface area contributed by atoms with Crippen molar-refractivity contribution in [1.82, 2.24) is 10.6 Å². The van der Waals surface area contributed by atoms with Gasteiger partial charge in [0.05, 0.1) is 6.54 Å². The second-order valence-corrected chi connectivity index (χ2v) is 5.12. The van der Waals surface area contributed by atoms with Crippen molar-refractivity contribution < 1.29 is 14.3 Å². The van der Waals surface area contributed by atoms with Crippen LogP contribution in [0.5, 0.6) is 0 Å². The molecule has 0 fully saturated rings. The summed E-state index contributed by atoms with van der Waals surface area (Å²) in [5.41, 5.74) is -0.680. The molecule has 1 aromatic carbocycles. The van der Waals surface area contributed by atoms with Gasteiger partial charge in [0.25, 0.3) is 0 Å². The Morgan fingerprint density at radius 1 is 1.30 bits per heavy atom. The van der Waals surface area contributed by atoms with Crippen LogP contribution in [-0.4, -0.2) is 23.7 Å². The largest absolute Gasteiger partial charge is 0.384 e. The number of halogens is 1. The van der Waals surface area contributed by atoms with Gasteiger partial charge in [0.2, 0.25) is 0 Å². The van der Waals surface area contributed by atoms with Crippen molar-refractivity contribution in [2.75, 3.05) is 6.54 Å². The maximum Gasteiger partial charge on any atom is 0.315 e. The van der Waals surface area contributed by atoms with Crippen LogP contribution in [0.2, 0.25) is 0 Å². The lowest BCUT2D eigenvalue weighted by Gasteiger charge is -2.25. The highest BCUT2D eigenvalue weighted by Gasteiger charge is 2.24. The number of hydrogen-bond donors (Lipinski definition) is 3. The predicted octanol–water partition coefficient (Wildman–Crippen LogP) is 2.52. The molecule has 0 aromatic heterocycles. The molecule has 2 amide bonds. The maximum absolute atomic E-state index is 12.8. The molecule has 0 bridgehead atoms. The van der Waals surface area contributed by atoms with E-state index in [2.05, 4.69) is 10.6 Å². The third-order valence-electron chi connectivity index (χ3n) is 3.38. The Hall–Kier alpha value is -1.62. The fourth-order valence-corrected chi connectivity index (χ4v) is 1.89. The highest BCUT2D eigenvalue weighted by molar-refractivity contribution is 5.74.